The van der Waals surface area contributed by atoms with Gasteiger partial charge in [-0.2, -0.15) is 0 Å². The fourth-order valence-corrected chi connectivity index (χ4v) is 3.72. The largest absolute Gasteiger partial charge is 0.480 e. The molecule has 3 atom stereocenters. The van der Waals surface area contributed by atoms with Crippen molar-refractivity contribution in [3.63, 3.8) is 0 Å². The summed E-state index contributed by atoms with van der Waals surface area (Å²) >= 11 is 0. The summed E-state index contributed by atoms with van der Waals surface area (Å²) in [7, 11) is 0. The summed E-state index contributed by atoms with van der Waals surface area (Å²) in [5.74, 6) is -0.202. The molecule has 0 radical (unpaired) electrons. The van der Waals surface area contributed by atoms with Gasteiger partial charge in [-0.25, -0.2) is 4.79 Å². The molecule has 5 nitrogen and oxygen atoms in total. The number of hydrogen-bond donors (Lipinski definition) is 1. The lowest BCUT2D eigenvalue weighted by molar-refractivity contribution is -0.141. The molecule has 108 valence electrons. The lowest BCUT2D eigenvalue weighted by Crippen LogP contribution is -2.46. The van der Waals surface area contributed by atoms with Crippen molar-refractivity contribution in [1.29, 1.82) is 0 Å². The minimum Gasteiger partial charge on any atom is -0.480 e. The zero-order chi connectivity index (χ0) is 14.3. The summed E-state index contributed by atoms with van der Waals surface area (Å²) < 4.78 is 5.18. The lowest BCUT2D eigenvalue weighted by Gasteiger charge is -2.32. The van der Waals surface area contributed by atoms with Gasteiger partial charge in [0.2, 0.25) is 0 Å². The molecule has 1 aliphatic carbocycles. The van der Waals surface area contributed by atoms with E-state index in [0.717, 1.165) is 25.7 Å². The Hall–Kier alpha value is -1.78. The van der Waals surface area contributed by atoms with E-state index in [1.807, 2.05) is 0 Å². The van der Waals surface area contributed by atoms with E-state index in [2.05, 4.69) is 0 Å². The number of carbonyl (C=O) groups is 2. The van der Waals surface area contributed by atoms with Gasteiger partial charge >= 0.3 is 5.97 Å². The maximum absolute atomic E-state index is 12.7. The van der Waals surface area contributed by atoms with E-state index in [0.29, 0.717) is 23.7 Å². The van der Waals surface area contributed by atoms with Crippen molar-refractivity contribution in [2.75, 3.05) is 0 Å². The van der Waals surface area contributed by atoms with Crippen LogP contribution in [0.4, 0.5) is 0 Å². The van der Waals surface area contributed by atoms with Crippen LogP contribution >= 0.6 is 0 Å². The van der Waals surface area contributed by atoms with Gasteiger partial charge in [-0.05, 0) is 38.2 Å². The van der Waals surface area contributed by atoms with Crippen molar-refractivity contribution in [1.82, 2.24) is 4.90 Å². The van der Waals surface area contributed by atoms with Crippen LogP contribution in [0.2, 0.25) is 0 Å². The van der Waals surface area contributed by atoms with Crippen molar-refractivity contribution in [2.24, 2.45) is 5.92 Å². The second kappa shape index (κ2) is 4.96. The number of carboxylic acid groups (broad SMARTS) is 1. The number of nitrogens with zero attached hydrogens (tertiary/aromatic N) is 1. The Morgan fingerprint density at radius 3 is 2.75 bits per heavy atom. The minimum atomic E-state index is -0.895. The first kappa shape index (κ1) is 13.2. The number of carboxylic acids is 1. The van der Waals surface area contributed by atoms with Crippen molar-refractivity contribution in [3.8, 4) is 0 Å². The number of likely N-dealkylation sites (tertiary alicyclic amines) is 1. The first-order valence-electron chi connectivity index (χ1n) is 7.19. The Morgan fingerprint density at radius 2 is 2.10 bits per heavy atom. The third kappa shape index (κ3) is 2.01. The monoisotopic (exact) mass is 277 g/mol. The zero-order valence-corrected chi connectivity index (χ0v) is 11.5. The molecule has 3 rings (SSSR count). The van der Waals surface area contributed by atoms with Crippen LogP contribution in [-0.2, 0) is 4.79 Å². The highest BCUT2D eigenvalue weighted by Crippen LogP contribution is 2.40. The molecule has 1 aromatic rings. The zero-order valence-electron chi connectivity index (χ0n) is 11.5. The van der Waals surface area contributed by atoms with E-state index < -0.39 is 12.0 Å². The third-order valence-corrected chi connectivity index (χ3v) is 4.70. The van der Waals surface area contributed by atoms with E-state index in [-0.39, 0.29) is 11.9 Å². The minimum absolute atomic E-state index is 0.0756. The van der Waals surface area contributed by atoms with Gasteiger partial charge < -0.3 is 14.4 Å². The Morgan fingerprint density at radius 1 is 1.35 bits per heavy atom. The fourth-order valence-electron chi connectivity index (χ4n) is 3.72. The van der Waals surface area contributed by atoms with Crippen molar-refractivity contribution in [3.05, 3.63) is 23.7 Å². The van der Waals surface area contributed by atoms with E-state index in [9.17, 15) is 14.7 Å². The maximum atomic E-state index is 12.7. The third-order valence-electron chi connectivity index (χ3n) is 4.70. The molecule has 1 saturated heterocycles. The van der Waals surface area contributed by atoms with Crippen LogP contribution in [-0.4, -0.2) is 34.0 Å². The van der Waals surface area contributed by atoms with E-state index in [1.54, 1.807) is 17.9 Å². The number of aliphatic carboxylic acids is 1. The van der Waals surface area contributed by atoms with Gasteiger partial charge in [-0.3, -0.25) is 4.79 Å². The summed E-state index contributed by atoms with van der Waals surface area (Å²) in [6, 6.07) is 1.02. The topological polar surface area (TPSA) is 70.8 Å². The van der Waals surface area contributed by atoms with Crippen molar-refractivity contribution < 1.29 is 19.1 Å². The van der Waals surface area contributed by atoms with Gasteiger partial charge in [-0.15, -0.1) is 0 Å². The number of amides is 1. The average Bonchev–Trinajstić information content (AvgIpc) is 3.01. The first-order chi connectivity index (χ1) is 9.59. The van der Waals surface area contributed by atoms with Crippen LogP contribution in [0.5, 0.6) is 0 Å². The quantitative estimate of drug-likeness (QED) is 0.901. The molecule has 1 aromatic heterocycles. The molecule has 0 spiro atoms. The van der Waals surface area contributed by atoms with Gasteiger partial charge in [0.15, 0.2) is 0 Å². The number of furan rings is 1. The smallest absolute Gasteiger partial charge is 0.326 e. The molecule has 20 heavy (non-hydrogen) atoms. The summed E-state index contributed by atoms with van der Waals surface area (Å²) in [5, 5.41) is 9.43. The van der Waals surface area contributed by atoms with Gasteiger partial charge in [0, 0.05) is 6.04 Å². The van der Waals surface area contributed by atoms with Gasteiger partial charge in [0.05, 0.1) is 11.8 Å². The molecule has 1 amide bonds. The summed E-state index contributed by atoms with van der Waals surface area (Å²) in [5.41, 5.74) is 0.488. The lowest BCUT2D eigenvalue weighted by atomic mass is 9.84. The molecule has 1 saturated carbocycles. The number of aryl methyl sites for hydroxylation is 1. The molecule has 2 heterocycles. The second-order valence-corrected chi connectivity index (χ2v) is 5.80. The highest BCUT2D eigenvalue weighted by Gasteiger charge is 2.48. The average molecular weight is 277 g/mol. The van der Waals surface area contributed by atoms with E-state index in [4.69, 9.17) is 4.42 Å². The van der Waals surface area contributed by atoms with Crippen molar-refractivity contribution >= 4 is 11.9 Å². The molecule has 2 aliphatic rings. The van der Waals surface area contributed by atoms with Crippen molar-refractivity contribution in [2.45, 2.75) is 51.1 Å². The van der Waals surface area contributed by atoms with E-state index >= 15 is 0 Å². The molecule has 0 aromatic carbocycles. The first-order valence-corrected chi connectivity index (χ1v) is 7.19. The summed E-state index contributed by atoms with van der Waals surface area (Å²) in [6.45, 7) is 1.73. The summed E-state index contributed by atoms with van der Waals surface area (Å²) in [6.07, 6.45) is 6.22. The molecule has 2 fully saturated rings. The number of fused-ring (bicyclic) bond motifs is 1. The predicted molar refractivity (Wildman–Crippen MR) is 71.4 cm³/mol. The van der Waals surface area contributed by atoms with Gasteiger partial charge in [0.25, 0.3) is 5.91 Å². The molecular formula is C15H19NO4. The van der Waals surface area contributed by atoms with Crippen LogP contribution in [0.3, 0.4) is 0 Å². The van der Waals surface area contributed by atoms with Crippen LogP contribution in [0, 0.1) is 12.8 Å². The molecule has 0 unspecified atom stereocenters. The Labute approximate surface area is 117 Å². The van der Waals surface area contributed by atoms with Gasteiger partial charge in [0.1, 0.15) is 11.8 Å². The van der Waals surface area contributed by atoms with Crippen LogP contribution in [0.25, 0.3) is 0 Å². The van der Waals surface area contributed by atoms with Crippen LogP contribution in [0.1, 0.15) is 48.2 Å². The Kier molecular flexibility index (Phi) is 3.28. The van der Waals surface area contributed by atoms with Gasteiger partial charge in [-0.1, -0.05) is 12.8 Å². The number of rotatable bonds is 2. The summed E-state index contributed by atoms with van der Waals surface area (Å²) in [4.78, 5) is 25.8. The number of hydrogen-bond acceptors (Lipinski definition) is 3. The molecule has 1 aliphatic heterocycles. The van der Waals surface area contributed by atoms with Crippen LogP contribution < -0.4 is 0 Å². The SMILES string of the molecule is Cc1occc1C(=O)N1[C@H](C(=O)O)C[C@H]2CCCC[C@@H]21. The molecule has 5 heteroatoms. The Bertz CT molecular complexity index is 536. The van der Waals surface area contributed by atoms with Crippen LogP contribution in [0.15, 0.2) is 16.7 Å². The fraction of sp³-hybridized carbons (Fsp3) is 0.600. The number of carbonyl (C=O) groups excluding carboxylic acids is 1. The highest BCUT2D eigenvalue weighted by molar-refractivity contribution is 5.98. The molecule has 0 bridgehead atoms. The molecular weight excluding hydrogens is 258 g/mol. The Balaban J connectivity index is 1.93. The second-order valence-electron chi connectivity index (χ2n) is 5.80. The van der Waals surface area contributed by atoms with E-state index in [1.165, 1.54) is 6.26 Å². The maximum Gasteiger partial charge on any atom is 0.326 e. The molecule has 1 N–H and O–H groups in total. The normalized spacial score (nSPS) is 29.2. The standard InChI is InChI=1S/C15H19NO4/c1-9-11(6-7-20-9)14(17)16-12-5-3-2-4-10(12)8-13(16)15(18)19/h6-7,10,12-13H,2-5,8H2,1H3,(H,18,19)/t10-,12+,13+/m1/s1. The highest BCUT2D eigenvalue weighted by atomic mass is 16.4. The predicted octanol–water partition coefficient (Wildman–Crippen LogP) is 2.45.